The van der Waals surface area contributed by atoms with Crippen LogP contribution in [0.5, 0.6) is 17.2 Å². The van der Waals surface area contributed by atoms with Gasteiger partial charge < -0.3 is 28.2 Å². The number of fused-ring (bicyclic) bond motifs is 1. The largest absolute Gasteiger partial charge is 0.493 e. The summed E-state index contributed by atoms with van der Waals surface area (Å²) in [6.45, 7) is 2.68. The zero-order valence-corrected chi connectivity index (χ0v) is 18.1. The van der Waals surface area contributed by atoms with Gasteiger partial charge in [0.05, 0.1) is 14.2 Å². The molecule has 1 aliphatic heterocycles. The second-order valence-electron chi connectivity index (χ2n) is 6.63. The van der Waals surface area contributed by atoms with Gasteiger partial charge in [-0.05, 0) is 53.9 Å². The number of nitrogens with zero attached hydrogens (tertiary/aromatic N) is 2. The third-order valence-electron chi connectivity index (χ3n) is 4.58. The number of nitrogens with one attached hydrogen (secondary N) is 2. The Bertz CT molecular complexity index is 1050. The van der Waals surface area contributed by atoms with Crippen molar-refractivity contribution < 1.29 is 23.5 Å². The molecule has 9 nitrogen and oxygen atoms in total. The smallest absolute Gasteiger partial charge is 0.223 e. The highest BCUT2D eigenvalue weighted by atomic mass is 32.2. The Morgan fingerprint density at radius 1 is 1.16 bits per heavy atom. The third kappa shape index (κ3) is 4.53. The van der Waals surface area contributed by atoms with Crippen LogP contribution in [0.4, 0.5) is 5.69 Å². The first kappa shape index (κ1) is 20.9. The molecule has 0 fully saturated rings. The molecule has 1 unspecified atom stereocenters. The first-order chi connectivity index (χ1) is 15.1. The van der Waals surface area contributed by atoms with Crippen molar-refractivity contribution in [2.75, 3.05) is 32.2 Å². The lowest BCUT2D eigenvalue weighted by Crippen LogP contribution is -2.18. The van der Waals surface area contributed by atoms with E-state index in [0.717, 1.165) is 16.8 Å². The molecule has 0 saturated carbocycles. The number of ether oxygens (including phenoxy) is 4. The molecule has 0 amide bonds. The normalized spacial score (nSPS) is 13.4. The summed E-state index contributed by atoms with van der Waals surface area (Å²) in [6, 6.07) is 11.3. The summed E-state index contributed by atoms with van der Waals surface area (Å²) in [5.74, 6) is 2.87. The van der Waals surface area contributed by atoms with Gasteiger partial charge in [0.1, 0.15) is 18.5 Å². The molecule has 1 aliphatic rings. The summed E-state index contributed by atoms with van der Waals surface area (Å²) in [5, 5.41) is 11.8. The van der Waals surface area contributed by atoms with Crippen LogP contribution in [-0.4, -0.2) is 43.5 Å². The Hall–Kier alpha value is -3.40. The third-order valence-corrected chi connectivity index (χ3v) is 5.65. The number of hydrogen-bond acceptors (Lipinski definition) is 10. The van der Waals surface area contributed by atoms with Gasteiger partial charge in [-0.1, -0.05) is 5.16 Å². The number of aromatic nitrogens is 2. The molecule has 1 aromatic heterocycles. The van der Waals surface area contributed by atoms with Gasteiger partial charge in [-0.3, -0.25) is 5.41 Å². The van der Waals surface area contributed by atoms with E-state index in [9.17, 15) is 0 Å². The fourth-order valence-electron chi connectivity index (χ4n) is 3.06. The quantitative estimate of drug-likeness (QED) is 0.315. The predicted molar refractivity (Wildman–Crippen MR) is 117 cm³/mol. The molecule has 2 aromatic carbocycles. The van der Waals surface area contributed by atoms with Crippen LogP contribution in [0.15, 0.2) is 40.9 Å². The molecule has 31 heavy (non-hydrogen) atoms. The van der Waals surface area contributed by atoms with Crippen LogP contribution in [0.1, 0.15) is 16.7 Å². The Labute approximate surface area is 183 Å². The SMILES string of the molecule is COC(=N)C(SNc1ccc(-c2noc(C)n2)cc1)c1cc(OC)c2c(c1)OCCO2. The van der Waals surface area contributed by atoms with Crippen LogP contribution in [0, 0.1) is 12.3 Å². The summed E-state index contributed by atoms with van der Waals surface area (Å²) in [7, 11) is 3.05. The number of methoxy groups -OCH3 is 2. The summed E-state index contributed by atoms with van der Waals surface area (Å²) < 4.78 is 30.4. The van der Waals surface area contributed by atoms with E-state index in [1.165, 1.54) is 19.1 Å². The van der Waals surface area contributed by atoms with E-state index in [1.807, 2.05) is 36.4 Å². The molecular formula is C21H22N4O5S. The molecule has 0 bridgehead atoms. The number of rotatable bonds is 7. The van der Waals surface area contributed by atoms with Crippen molar-refractivity contribution >= 4 is 23.5 Å². The van der Waals surface area contributed by atoms with E-state index >= 15 is 0 Å². The number of hydrogen-bond donors (Lipinski definition) is 2. The van der Waals surface area contributed by atoms with Crippen LogP contribution >= 0.6 is 11.9 Å². The Balaban J connectivity index is 1.53. The zero-order valence-electron chi connectivity index (χ0n) is 17.3. The topological polar surface area (TPSA) is 112 Å². The van der Waals surface area contributed by atoms with Crippen molar-refractivity contribution in [3.05, 3.63) is 47.9 Å². The number of benzene rings is 2. The van der Waals surface area contributed by atoms with Crippen molar-refractivity contribution in [3.63, 3.8) is 0 Å². The summed E-state index contributed by atoms with van der Waals surface area (Å²) in [6.07, 6.45) is 0. The van der Waals surface area contributed by atoms with E-state index in [1.54, 1.807) is 14.0 Å². The predicted octanol–water partition coefficient (Wildman–Crippen LogP) is 4.25. The van der Waals surface area contributed by atoms with Gasteiger partial charge in [0.15, 0.2) is 17.4 Å². The summed E-state index contributed by atoms with van der Waals surface area (Å²) in [4.78, 5) is 4.23. The molecule has 0 radical (unpaired) electrons. The fraction of sp³-hybridized carbons (Fsp3) is 0.286. The molecular weight excluding hydrogens is 420 g/mol. The Morgan fingerprint density at radius 3 is 2.61 bits per heavy atom. The summed E-state index contributed by atoms with van der Waals surface area (Å²) in [5.41, 5.74) is 2.50. The first-order valence-electron chi connectivity index (χ1n) is 9.51. The van der Waals surface area contributed by atoms with Gasteiger partial charge in [-0.25, -0.2) is 0 Å². The van der Waals surface area contributed by atoms with Crippen molar-refractivity contribution in [2.24, 2.45) is 0 Å². The molecule has 162 valence electrons. The summed E-state index contributed by atoms with van der Waals surface area (Å²) >= 11 is 1.33. The maximum atomic E-state index is 8.29. The van der Waals surface area contributed by atoms with Crippen LogP contribution in [0.2, 0.25) is 0 Å². The second-order valence-corrected chi connectivity index (χ2v) is 7.54. The highest BCUT2D eigenvalue weighted by Gasteiger charge is 2.25. The van der Waals surface area contributed by atoms with Crippen molar-refractivity contribution in [3.8, 4) is 28.6 Å². The van der Waals surface area contributed by atoms with Gasteiger partial charge in [0.25, 0.3) is 0 Å². The van der Waals surface area contributed by atoms with Crippen molar-refractivity contribution in [2.45, 2.75) is 12.2 Å². The standard InChI is InChI=1S/C21H22N4O5S/c1-12-23-21(24-30-12)13-4-6-15(7-5-13)25-31-19(20(22)27-3)14-10-16(26-2)18-17(11-14)28-8-9-29-18/h4-7,10-11,19,22,25H,8-9H2,1-3H3. The average Bonchev–Trinajstić information content (AvgIpc) is 3.25. The van der Waals surface area contributed by atoms with Crippen molar-refractivity contribution in [1.29, 1.82) is 5.41 Å². The fourth-order valence-corrected chi connectivity index (χ4v) is 3.92. The lowest BCUT2D eigenvalue weighted by molar-refractivity contribution is 0.165. The first-order valence-corrected chi connectivity index (χ1v) is 10.4. The van der Waals surface area contributed by atoms with Crippen LogP contribution in [0.25, 0.3) is 11.4 Å². The molecule has 4 rings (SSSR count). The van der Waals surface area contributed by atoms with Crippen LogP contribution in [0.3, 0.4) is 0 Å². The molecule has 0 aliphatic carbocycles. The monoisotopic (exact) mass is 442 g/mol. The highest BCUT2D eigenvalue weighted by molar-refractivity contribution is 8.01. The lowest BCUT2D eigenvalue weighted by atomic mass is 10.1. The molecule has 1 atom stereocenters. The molecule has 0 spiro atoms. The molecule has 3 aromatic rings. The Morgan fingerprint density at radius 2 is 1.94 bits per heavy atom. The molecule has 2 N–H and O–H groups in total. The second kappa shape index (κ2) is 9.17. The number of aryl methyl sites for hydroxylation is 1. The van der Waals surface area contributed by atoms with E-state index in [-0.39, 0.29) is 5.90 Å². The highest BCUT2D eigenvalue weighted by Crippen LogP contribution is 2.44. The minimum atomic E-state index is -0.436. The average molecular weight is 442 g/mol. The zero-order chi connectivity index (χ0) is 21.8. The van der Waals surface area contributed by atoms with Crippen molar-refractivity contribution in [1.82, 2.24) is 10.1 Å². The van der Waals surface area contributed by atoms with E-state index < -0.39 is 5.25 Å². The van der Waals surface area contributed by atoms with Crippen LogP contribution in [-0.2, 0) is 4.74 Å². The molecule has 10 heteroatoms. The van der Waals surface area contributed by atoms with E-state index in [2.05, 4.69) is 14.9 Å². The molecule has 0 saturated heterocycles. The van der Waals surface area contributed by atoms with Gasteiger partial charge in [-0.15, -0.1) is 0 Å². The number of anilines is 1. The van der Waals surface area contributed by atoms with E-state index in [4.69, 9.17) is 28.9 Å². The molecule has 2 heterocycles. The lowest BCUT2D eigenvalue weighted by Gasteiger charge is -2.24. The Kier molecular flexibility index (Phi) is 6.17. The van der Waals surface area contributed by atoms with Gasteiger partial charge in [-0.2, -0.15) is 4.98 Å². The van der Waals surface area contributed by atoms with E-state index in [0.29, 0.717) is 42.2 Å². The van der Waals surface area contributed by atoms with Crippen LogP contribution < -0.4 is 18.9 Å². The van der Waals surface area contributed by atoms with Gasteiger partial charge in [0, 0.05) is 18.2 Å². The van der Waals surface area contributed by atoms with Gasteiger partial charge in [0.2, 0.25) is 17.5 Å². The minimum Gasteiger partial charge on any atom is -0.493 e. The maximum Gasteiger partial charge on any atom is 0.223 e. The minimum absolute atomic E-state index is 0.0927. The van der Waals surface area contributed by atoms with Gasteiger partial charge >= 0.3 is 0 Å². The maximum absolute atomic E-state index is 8.29.